The Bertz CT molecular complexity index is 626. The van der Waals surface area contributed by atoms with Crippen molar-refractivity contribution in [2.45, 2.75) is 13.5 Å². The summed E-state index contributed by atoms with van der Waals surface area (Å²) in [7, 11) is 3.70. The van der Waals surface area contributed by atoms with Crippen LogP contribution in [0.3, 0.4) is 0 Å². The second-order valence-corrected chi connectivity index (χ2v) is 5.22. The summed E-state index contributed by atoms with van der Waals surface area (Å²) in [6, 6.07) is 7.40. The molecule has 1 N–H and O–H groups in total. The maximum atomic E-state index is 11.7. The van der Waals surface area contributed by atoms with Gasteiger partial charge in [-0.15, -0.1) is 0 Å². The van der Waals surface area contributed by atoms with Crippen LogP contribution in [0.5, 0.6) is 11.6 Å². The fourth-order valence-electron chi connectivity index (χ4n) is 1.81. The second-order valence-electron chi connectivity index (χ2n) is 5.22. The summed E-state index contributed by atoms with van der Waals surface area (Å²) >= 11 is 0. The van der Waals surface area contributed by atoms with Crippen molar-refractivity contribution in [3.63, 3.8) is 0 Å². The minimum absolute atomic E-state index is 0.0446. The van der Waals surface area contributed by atoms with Crippen molar-refractivity contribution in [3.05, 3.63) is 47.9 Å². The lowest BCUT2D eigenvalue weighted by molar-refractivity contribution is -0.121. The summed E-state index contributed by atoms with van der Waals surface area (Å²) in [5.41, 5.74) is 1.74. The standard InChI is InChI=1S/C16H20N4O2/c1-12-6-7-14(10-18-12)22-16-13(5-4-8-17-16)9-19-15(21)11-20(2)3/h4-8,10H,9,11H2,1-3H3,(H,19,21). The lowest BCUT2D eigenvalue weighted by atomic mass is 10.2. The van der Waals surface area contributed by atoms with Gasteiger partial charge >= 0.3 is 0 Å². The zero-order valence-corrected chi connectivity index (χ0v) is 13.0. The van der Waals surface area contributed by atoms with Crippen molar-refractivity contribution in [1.29, 1.82) is 0 Å². The van der Waals surface area contributed by atoms with Gasteiger partial charge < -0.3 is 15.0 Å². The molecule has 0 atom stereocenters. The molecule has 0 fully saturated rings. The summed E-state index contributed by atoms with van der Waals surface area (Å²) in [4.78, 5) is 21.9. The van der Waals surface area contributed by atoms with Gasteiger partial charge in [-0.05, 0) is 39.2 Å². The zero-order valence-electron chi connectivity index (χ0n) is 13.0. The van der Waals surface area contributed by atoms with E-state index in [1.165, 1.54) is 0 Å². The molecule has 0 saturated carbocycles. The molecular formula is C16H20N4O2. The first kappa shape index (κ1) is 15.9. The van der Waals surface area contributed by atoms with Crippen LogP contribution < -0.4 is 10.1 Å². The van der Waals surface area contributed by atoms with Crippen LogP contribution in [-0.4, -0.2) is 41.4 Å². The summed E-state index contributed by atoms with van der Waals surface area (Å²) in [5.74, 6) is 1.04. The molecule has 0 aliphatic rings. The monoisotopic (exact) mass is 300 g/mol. The normalized spacial score (nSPS) is 10.5. The third-order valence-corrected chi connectivity index (χ3v) is 2.88. The lowest BCUT2D eigenvalue weighted by Gasteiger charge is -2.12. The van der Waals surface area contributed by atoms with Gasteiger partial charge in [0.25, 0.3) is 0 Å². The quantitative estimate of drug-likeness (QED) is 0.880. The van der Waals surface area contributed by atoms with Gasteiger partial charge in [0.05, 0.1) is 12.7 Å². The molecule has 2 aromatic heterocycles. The topological polar surface area (TPSA) is 67.3 Å². The molecule has 0 saturated heterocycles. The number of nitrogens with one attached hydrogen (secondary N) is 1. The highest BCUT2D eigenvalue weighted by Gasteiger charge is 2.09. The maximum absolute atomic E-state index is 11.7. The molecule has 0 aromatic carbocycles. The summed E-state index contributed by atoms with van der Waals surface area (Å²) in [6.07, 6.45) is 3.31. The molecule has 1 amide bonds. The van der Waals surface area contributed by atoms with E-state index in [1.54, 1.807) is 12.4 Å². The number of pyridine rings is 2. The van der Waals surface area contributed by atoms with Crippen LogP contribution in [0, 0.1) is 6.92 Å². The number of carbonyl (C=O) groups is 1. The number of aryl methyl sites for hydroxylation is 1. The van der Waals surface area contributed by atoms with Crippen LogP contribution >= 0.6 is 0 Å². The molecule has 0 spiro atoms. The Kier molecular flexibility index (Phi) is 5.43. The minimum Gasteiger partial charge on any atom is -0.437 e. The van der Waals surface area contributed by atoms with E-state index in [0.717, 1.165) is 11.3 Å². The number of hydrogen-bond donors (Lipinski definition) is 1. The zero-order chi connectivity index (χ0) is 15.9. The fourth-order valence-corrected chi connectivity index (χ4v) is 1.81. The fraction of sp³-hybridized carbons (Fsp3) is 0.312. The molecule has 2 aromatic rings. The number of hydrogen-bond acceptors (Lipinski definition) is 5. The molecule has 0 aliphatic carbocycles. The van der Waals surface area contributed by atoms with Crippen molar-refractivity contribution < 1.29 is 9.53 Å². The number of amides is 1. The first-order valence-electron chi connectivity index (χ1n) is 7.00. The van der Waals surface area contributed by atoms with Crippen LogP contribution in [0.25, 0.3) is 0 Å². The minimum atomic E-state index is -0.0446. The van der Waals surface area contributed by atoms with Crippen LogP contribution in [0.4, 0.5) is 0 Å². The Labute approximate surface area is 130 Å². The van der Waals surface area contributed by atoms with Crippen molar-refractivity contribution >= 4 is 5.91 Å². The lowest BCUT2D eigenvalue weighted by Crippen LogP contribution is -2.32. The highest BCUT2D eigenvalue weighted by Crippen LogP contribution is 2.22. The number of rotatable bonds is 6. The Balaban J connectivity index is 2.03. The molecule has 116 valence electrons. The third-order valence-electron chi connectivity index (χ3n) is 2.88. The number of ether oxygens (including phenoxy) is 1. The van der Waals surface area contributed by atoms with Gasteiger partial charge in [0.15, 0.2) is 0 Å². The van der Waals surface area contributed by atoms with Gasteiger partial charge in [-0.3, -0.25) is 9.78 Å². The molecule has 6 nitrogen and oxygen atoms in total. The highest BCUT2D eigenvalue weighted by molar-refractivity contribution is 5.77. The largest absolute Gasteiger partial charge is 0.437 e. The van der Waals surface area contributed by atoms with Crippen LogP contribution in [0.15, 0.2) is 36.7 Å². The molecule has 0 radical (unpaired) electrons. The van der Waals surface area contributed by atoms with E-state index < -0.39 is 0 Å². The molecule has 0 unspecified atom stereocenters. The molecule has 0 aliphatic heterocycles. The summed E-state index contributed by atoms with van der Waals surface area (Å²) in [6.45, 7) is 2.63. The third kappa shape index (κ3) is 4.82. The maximum Gasteiger partial charge on any atom is 0.234 e. The van der Waals surface area contributed by atoms with E-state index >= 15 is 0 Å². The molecule has 2 heterocycles. The Hall–Kier alpha value is -2.47. The van der Waals surface area contributed by atoms with Crippen molar-refractivity contribution in [1.82, 2.24) is 20.2 Å². The van der Waals surface area contributed by atoms with E-state index in [2.05, 4.69) is 15.3 Å². The number of aromatic nitrogens is 2. The van der Waals surface area contributed by atoms with Gasteiger partial charge in [0.2, 0.25) is 11.8 Å². The van der Waals surface area contributed by atoms with Crippen molar-refractivity contribution in [2.75, 3.05) is 20.6 Å². The summed E-state index contributed by atoms with van der Waals surface area (Å²) < 4.78 is 5.74. The van der Waals surface area contributed by atoms with Gasteiger partial charge in [-0.1, -0.05) is 6.07 Å². The van der Waals surface area contributed by atoms with Crippen LogP contribution in [0.1, 0.15) is 11.3 Å². The first-order chi connectivity index (χ1) is 10.5. The van der Waals surface area contributed by atoms with E-state index in [1.807, 2.05) is 50.2 Å². The van der Waals surface area contributed by atoms with Crippen molar-refractivity contribution in [3.8, 4) is 11.6 Å². The van der Waals surface area contributed by atoms with Crippen molar-refractivity contribution in [2.24, 2.45) is 0 Å². The predicted octanol–water partition coefficient (Wildman–Crippen LogP) is 1.76. The van der Waals surface area contributed by atoms with E-state index in [0.29, 0.717) is 24.7 Å². The Morgan fingerprint density at radius 3 is 2.77 bits per heavy atom. The average molecular weight is 300 g/mol. The molecular weight excluding hydrogens is 280 g/mol. The molecule has 2 rings (SSSR count). The van der Waals surface area contributed by atoms with Crippen LogP contribution in [0.2, 0.25) is 0 Å². The van der Waals surface area contributed by atoms with Gasteiger partial charge in [-0.2, -0.15) is 0 Å². The summed E-state index contributed by atoms with van der Waals surface area (Å²) in [5, 5.41) is 2.85. The van der Waals surface area contributed by atoms with Gasteiger partial charge in [-0.25, -0.2) is 4.98 Å². The van der Waals surface area contributed by atoms with E-state index in [4.69, 9.17) is 4.74 Å². The van der Waals surface area contributed by atoms with E-state index in [9.17, 15) is 4.79 Å². The number of nitrogens with zero attached hydrogens (tertiary/aromatic N) is 3. The molecule has 6 heteroatoms. The average Bonchev–Trinajstić information content (AvgIpc) is 2.48. The number of carbonyl (C=O) groups excluding carboxylic acids is 1. The number of likely N-dealkylation sites (N-methyl/N-ethyl adjacent to an activating group) is 1. The predicted molar refractivity (Wildman–Crippen MR) is 83.7 cm³/mol. The smallest absolute Gasteiger partial charge is 0.234 e. The van der Waals surface area contributed by atoms with Gasteiger partial charge in [0.1, 0.15) is 5.75 Å². The molecule has 0 bridgehead atoms. The van der Waals surface area contributed by atoms with Gasteiger partial charge in [0, 0.05) is 24.0 Å². The highest BCUT2D eigenvalue weighted by atomic mass is 16.5. The molecule has 22 heavy (non-hydrogen) atoms. The van der Waals surface area contributed by atoms with E-state index in [-0.39, 0.29) is 5.91 Å². The van der Waals surface area contributed by atoms with Crippen LogP contribution in [-0.2, 0) is 11.3 Å². The SMILES string of the molecule is Cc1ccc(Oc2ncccc2CNC(=O)CN(C)C)cn1. The first-order valence-corrected chi connectivity index (χ1v) is 7.00. The Morgan fingerprint density at radius 2 is 2.09 bits per heavy atom. The Morgan fingerprint density at radius 1 is 1.27 bits per heavy atom. The second kappa shape index (κ2) is 7.51.